The third-order valence-electron chi connectivity index (χ3n) is 3.57. The van der Waals surface area contributed by atoms with Gasteiger partial charge in [0.15, 0.2) is 5.13 Å². The molecule has 0 bridgehead atoms. The Hall–Kier alpha value is -2.38. The summed E-state index contributed by atoms with van der Waals surface area (Å²) in [6.07, 6.45) is 1.72. The summed E-state index contributed by atoms with van der Waals surface area (Å²) in [7, 11) is 0. The maximum atomic E-state index is 12.4. The zero-order valence-corrected chi connectivity index (χ0v) is 14.3. The molecule has 1 saturated heterocycles. The van der Waals surface area contributed by atoms with Gasteiger partial charge in [-0.2, -0.15) is 0 Å². The Kier molecular flexibility index (Phi) is 4.18. The molecule has 0 saturated carbocycles. The molecule has 1 amide bonds. The third kappa shape index (κ3) is 3.00. The van der Waals surface area contributed by atoms with E-state index in [1.54, 1.807) is 22.9 Å². The van der Waals surface area contributed by atoms with Crippen LogP contribution >= 0.6 is 23.1 Å². The number of nitrogens with one attached hydrogen (secondary N) is 1. The van der Waals surface area contributed by atoms with E-state index in [0.717, 1.165) is 11.4 Å². The molecule has 0 aliphatic carbocycles. The second-order valence-corrected chi connectivity index (χ2v) is 7.10. The highest BCUT2D eigenvalue weighted by atomic mass is 32.2. The number of pyridine rings is 1. The molecular weight excluding hydrogens is 340 g/mol. The molecular formula is C17H14N4OS2. The van der Waals surface area contributed by atoms with Crippen LogP contribution in [0.2, 0.25) is 0 Å². The normalized spacial score (nSPS) is 17.2. The van der Waals surface area contributed by atoms with Gasteiger partial charge in [0.05, 0.1) is 5.75 Å². The van der Waals surface area contributed by atoms with Crippen molar-refractivity contribution in [2.24, 2.45) is 0 Å². The van der Waals surface area contributed by atoms with Crippen LogP contribution in [0, 0.1) is 0 Å². The topological polar surface area (TPSA) is 58.1 Å². The van der Waals surface area contributed by atoms with Crippen LogP contribution in [-0.2, 0) is 4.79 Å². The highest BCUT2D eigenvalue weighted by Crippen LogP contribution is 2.43. The van der Waals surface area contributed by atoms with E-state index in [9.17, 15) is 4.79 Å². The lowest BCUT2D eigenvalue weighted by Crippen LogP contribution is -2.27. The number of rotatable bonds is 4. The van der Waals surface area contributed by atoms with Gasteiger partial charge < -0.3 is 5.32 Å². The van der Waals surface area contributed by atoms with Gasteiger partial charge in [0.1, 0.15) is 17.0 Å². The second-order valence-electron chi connectivity index (χ2n) is 5.19. The summed E-state index contributed by atoms with van der Waals surface area (Å²) < 4.78 is 0. The van der Waals surface area contributed by atoms with Crippen LogP contribution in [0.4, 0.5) is 16.8 Å². The SMILES string of the molecule is O=C1CSC(c2ccccc2)N1c1nc(Nc2ccccn2)cs1. The van der Waals surface area contributed by atoms with Gasteiger partial charge in [-0.25, -0.2) is 9.97 Å². The summed E-state index contributed by atoms with van der Waals surface area (Å²) in [4.78, 5) is 23.0. The van der Waals surface area contributed by atoms with Gasteiger partial charge in [-0.05, 0) is 17.7 Å². The largest absolute Gasteiger partial charge is 0.324 e. The molecule has 1 aliphatic rings. The fraction of sp³-hybridized carbons (Fsp3) is 0.118. The molecule has 5 nitrogen and oxygen atoms in total. The van der Waals surface area contributed by atoms with Crippen molar-refractivity contribution in [3.63, 3.8) is 0 Å². The number of amides is 1. The standard InChI is InChI=1S/C17H14N4OS2/c22-15-11-23-16(12-6-2-1-3-7-12)21(15)17-20-14(10-24-17)19-13-8-4-5-9-18-13/h1-10,16H,11H2,(H,18,19). The lowest BCUT2D eigenvalue weighted by molar-refractivity contribution is -0.115. The van der Waals surface area contributed by atoms with E-state index in [1.807, 2.05) is 53.9 Å². The Morgan fingerprint density at radius 3 is 2.71 bits per heavy atom. The van der Waals surface area contributed by atoms with Crippen molar-refractivity contribution in [2.75, 3.05) is 16.0 Å². The number of aromatic nitrogens is 2. The van der Waals surface area contributed by atoms with Crippen molar-refractivity contribution in [1.82, 2.24) is 9.97 Å². The van der Waals surface area contributed by atoms with Gasteiger partial charge >= 0.3 is 0 Å². The Bertz CT molecular complexity index is 838. The number of hydrogen-bond donors (Lipinski definition) is 1. The number of benzene rings is 1. The predicted octanol–water partition coefficient (Wildman–Crippen LogP) is 4.06. The summed E-state index contributed by atoms with van der Waals surface area (Å²) in [6, 6.07) is 15.7. The minimum Gasteiger partial charge on any atom is -0.324 e. The number of thioether (sulfide) groups is 1. The maximum Gasteiger partial charge on any atom is 0.240 e. The lowest BCUT2D eigenvalue weighted by Gasteiger charge is -2.21. The van der Waals surface area contributed by atoms with Gasteiger partial charge in [-0.15, -0.1) is 23.1 Å². The minimum absolute atomic E-state index is 0.0208. The van der Waals surface area contributed by atoms with Crippen LogP contribution in [0.1, 0.15) is 10.9 Å². The first kappa shape index (κ1) is 15.2. The molecule has 3 heterocycles. The number of nitrogens with zero attached hydrogens (tertiary/aromatic N) is 3. The second kappa shape index (κ2) is 6.62. The first-order chi connectivity index (χ1) is 11.8. The van der Waals surface area contributed by atoms with E-state index in [4.69, 9.17) is 0 Å². The van der Waals surface area contributed by atoms with Crippen molar-refractivity contribution in [2.45, 2.75) is 5.37 Å². The average molecular weight is 354 g/mol. The van der Waals surface area contributed by atoms with Gasteiger partial charge in [0, 0.05) is 11.6 Å². The monoisotopic (exact) mass is 354 g/mol. The third-order valence-corrected chi connectivity index (χ3v) is 5.62. The summed E-state index contributed by atoms with van der Waals surface area (Å²) in [5, 5.41) is 5.75. The van der Waals surface area contributed by atoms with Gasteiger partial charge in [0.2, 0.25) is 5.91 Å². The number of carbonyl (C=O) groups excluding carboxylic acids is 1. The molecule has 1 aromatic carbocycles. The molecule has 1 atom stereocenters. The summed E-state index contributed by atoms with van der Waals surface area (Å²) >= 11 is 3.09. The Morgan fingerprint density at radius 1 is 1.08 bits per heavy atom. The van der Waals surface area contributed by atoms with E-state index in [-0.39, 0.29) is 11.3 Å². The summed E-state index contributed by atoms with van der Waals surface area (Å²) in [5.74, 6) is 2.00. The van der Waals surface area contributed by atoms with Crippen molar-refractivity contribution in [3.05, 3.63) is 65.7 Å². The highest BCUT2D eigenvalue weighted by Gasteiger charge is 2.35. The lowest BCUT2D eigenvalue weighted by atomic mass is 10.2. The first-order valence-corrected chi connectivity index (χ1v) is 9.36. The van der Waals surface area contributed by atoms with Crippen molar-refractivity contribution >= 4 is 45.8 Å². The van der Waals surface area contributed by atoms with Crippen LogP contribution in [0.3, 0.4) is 0 Å². The molecule has 2 aromatic heterocycles. The molecule has 1 N–H and O–H groups in total. The van der Waals surface area contributed by atoms with E-state index < -0.39 is 0 Å². The van der Waals surface area contributed by atoms with Crippen LogP contribution in [0.5, 0.6) is 0 Å². The molecule has 120 valence electrons. The molecule has 4 rings (SSSR count). The fourth-order valence-corrected chi connectivity index (χ4v) is 4.52. The van der Waals surface area contributed by atoms with Crippen molar-refractivity contribution in [3.8, 4) is 0 Å². The van der Waals surface area contributed by atoms with E-state index in [1.165, 1.54) is 11.3 Å². The zero-order valence-electron chi connectivity index (χ0n) is 12.6. The fourth-order valence-electron chi connectivity index (χ4n) is 2.50. The van der Waals surface area contributed by atoms with Gasteiger partial charge in [-0.1, -0.05) is 36.4 Å². The zero-order chi connectivity index (χ0) is 16.4. The molecule has 7 heteroatoms. The molecule has 1 fully saturated rings. The van der Waals surface area contributed by atoms with Gasteiger partial charge in [-0.3, -0.25) is 9.69 Å². The quantitative estimate of drug-likeness (QED) is 0.766. The van der Waals surface area contributed by atoms with Gasteiger partial charge in [0.25, 0.3) is 0 Å². The number of hydrogen-bond acceptors (Lipinski definition) is 6. The van der Waals surface area contributed by atoms with Crippen molar-refractivity contribution in [1.29, 1.82) is 0 Å². The highest BCUT2D eigenvalue weighted by molar-refractivity contribution is 8.00. The molecule has 1 aliphatic heterocycles. The van der Waals surface area contributed by atoms with Crippen molar-refractivity contribution < 1.29 is 4.79 Å². The van der Waals surface area contributed by atoms with Crippen LogP contribution in [-0.4, -0.2) is 21.6 Å². The number of carbonyl (C=O) groups is 1. The Morgan fingerprint density at radius 2 is 1.92 bits per heavy atom. The molecule has 24 heavy (non-hydrogen) atoms. The Balaban J connectivity index is 1.59. The first-order valence-electron chi connectivity index (χ1n) is 7.43. The minimum atomic E-state index is -0.0208. The molecule has 0 radical (unpaired) electrons. The summed E-state index contributed by atoms with van der Waals surface area (Å²) in [5.41, 5.74) is 1.11. The number of thiazole rings is 1. The smallest absolute Gasteiger partial charge is 0.240 e. The summed E-state index contributed by atoms with van der Waals surface area (Å²) in [6.45, 7) is 0. The average Bonchev–Trinajstić information content (AvgIpc) is 3.23. The maximum absolute atomic E-state index is 12.4. The molecule has 0 spiro atoms. The van der Waals surface area contributed by atoms with E-state index in [0.29, 0.717) is 16.7 Å². The van der Waals surface area contributed by atoms with Crippen LogP contribution in [0.25, 0.3) is 0 Å². The van der Waals surface area contributed by atoms with Crippen LogP contribution in [0.15, 0.2) is 60.1 Å². The molecule has 3 aromatic rings. The number of anilines is 3. The van der Waals surface area contributed by atoms with E-state index >= 15 is 0 Å². The van der Waals surface area contributed by atoms with E-state index in [2.05, 4.69) is 15.3 Å². The predicted molar refractivity (Wildman–Crippen MR) is 98.8 cm³/mol. The Labute approximate surface area is 147 Å². The molecule has 1 unspecified atom stereocenters. The van der Waals surface area contributed by atoms with Crippen LogP contribution < -0.4 is 10.2 Å².